The first-order chi connectivity index (χ1) is 11.1. The number of imidazole rings is 1. The van der Waals surface area contributed by atoms with Gasteiger partial charge in [-0.2, -0.15) is 0 Å². The van der Waals surface area contributed by atoms with Crippen molar-refractivity contribution < 1.29 is 14.7 Å². The number of aromatic nitrogens is 2. The first-order valence-electron chi connectivity index (χ1n) is 7.46. The maximum atomic E-state index is 12.3. The Balaban J connectivity index is 2.00. The molecule has 6 nitrogen and oxygen atoms in total. The lowest BCUT2D eigenvalue weighted by molar-refractivity contribution is -0.135. The van der Waals surface area contributed by atoms with Gasteiger partial charge in [-0.15, -0.1) is 0 Å². The lowest BCUT2D eigenvalue weighted by Crippen LogP contribution is -2.34. The average molecular weight is 311 g/mol. The van der Waals surface area contributed by atoms with Crippen molar-refractivity contribution in [1.82, 2.24) is 14.9 Å². The van der Waals surface area contributed by atoms with Crippen molar-refractivity contribution in [2.45, 2.75) is 19.4 Å². The molecule has 0 bridgehead atoms. The largest absolute Gasteiger partial charge is 0.480 e. The van der Waals surface area contributed by atoms with Crippen molar-refractivity contribution in [2.75, 3.05) is 6.54 Å². The second-order valence-corrected chi connectivity index (χ2v) is 5.34. The van der Waals surface area contributed by atoms with E-state index in [1.54, 1.807) is 0 Å². The summed E-state index contributed by atoms with van der Waals surface area (Å²) in [6.45, 7) is 0.0957. The van der Waals surface area contributed by atoms with Gasteiger partial charge in [0.25, 0.3) is 5.91 Å². The van der Waals surface area contributed by atoms with Gasteiger partial charge in [0.15, 0.2) is 5.82 Å². The fourth-order valence-corrected chi connectivity index (χ4v) is 2.62. The van der Waals surface area contributed by atoms with E-state index in [0.717, 1.165) is 29.1 Å². The molecule has 3 rings (SSSR count). The molecule has 0 unspecified atom stereocenters. The summed E-state index contributed by atoms with van der Waals surface area (Å²) in [5, 5.41) is 12.8. The lowest BCUT2D eigenvalue weighted by atomic mass is 10.2. The predicted octanol–water partition coefficient (Wildman–Crippen LogP) is 0.101. The normalized spacial score (nSPS) is 12.7. The smallest absolute Gasteiger partial charge is 0.322 e. The van der Waals surface area contributed by atoms with Crippen LogP contribution in [0.15, 0.2) is 30.3 Å². The van der Waals surface area contributed by atoms with E-state index in [4.69, 9.17) is 5.11 Å². The van der Waals surface area contributed by atoms with Crippen LogP contribution >= 0.6 is 0 Å². The van der Waals surface area contributed by atoms with Gasteiger partial charge < -0.3 is 15.0 Å². The second-order valence-electron chi connectivity index (χ2n) is 5.34. The summed E-state index contributed by atoms with van der Waals surface area (Å²) in [7, 11) is 0. The molecule has 6 heteroatoms. The molecule has 2 aromatic rings. The van der Waals surface area contributed by atoms with E-state index in [0.29, 0.717) is 6.54 Å². The van der Waals surface area contributed by atoms with Crippen LogP contribution < -0.4 is 16.0 Å². The Morgan fingerprint density at radius 1 is 1.17 bits per heavy atom. The summed E-state index contributed by atoms with van der Waals surface area (Å²) in [4.78, 5) is 27.3. The molecule has 0 saturated carbocycles. The molecule has 1 aliphatic rings. The van der Waals surface area contributed by atoms with Crippen LogP contribution in [0.5, 0.6) is 0 Å². The molecule has 1 amide bonds. The Kier molecular flexibility index (Phi) is 4.23. The number of amides is 1. The fourth-order valence-electron chi connectivity index (χ4n) is 2.62. The van der Waals surface area contributed by atoms with E-state index in [9.17, 15) is 9.59 Å². The van der Waals surface area contributed by atoms with Crippen molar-refractivity contribution in [3.63, 3.8) is 0 Å². The van der Waals surface area contributed by atoms with Crippen molar-refractivity contribution in [3.05, 3.63) is 52.4 Å². The highest BCUT2D eigenvalue weighted by molar-refractivity contribution is 5.92. The molecule has 0 fully saturated rings. The summed E-state index contributed by atoms with van der Waals surface area (Å²) in [5.74, 6) is -1.31. The molecule has 23 heavy (non-hydrogen) atoms. The molecule has 0 radical (unpaired) electrons. The third-order valence-corrected chi connectivity index (χ3v) is 3.66. The number of hydrogen-bond acceptors (Lipinski definition) is 3. The third kappa shape index (κ3) is 3.31. The van der Waals surface area contributed by atoms with Gasteiger partial charge in [-0.25, -0.2) is 4.98 Å². The second kappa shape index (κ2) is 6.48. The molecule has 0 saturated heterocycles. The molecule has 2 N–H and O–H groups in total. The van der Waals surface area contributed by atoms with Crippen molar-refractivity contribution in [2.24, 2.45) is 0 Å². The summed E-state index contributed by atoms with van der Waals surface area (Å²) < 4.78 is 1.84. The monoisotopic (exact) mass is 311 g/mol. The number of rotatable bonds is 5. The van der Waals surface area contributed by atoms with Gasteiger partial charge >= 0.3 is 5.97 Å². The molecule has 1 aromatic heterocycles. The minimum absolute atomic E-state index is 0.245. The Bertz CT molecular complexity index is 853. The van der Waals surface area contributed by atoms with Crippen LogP contribution in [0.3, 0.4) is 0 Å². The maximum Gasteiger partial charge on any atom is 0.322 e. The first kappa shape index (κ1) is 15.0. The molecule has 118 valence electrons. The first-order valence-corrected chi connectivity index (χ1v) is 7.46. The zero-order valence-electron chi connectivity index (χ0n) is 12.5. The van der Waals surface area contributed by atoms with Gasteiger partial charge in [0, 0.05) is 6.54 Å². The molecule has 0 spiro atoms. The Morgan fingerprint density at radius 2 is 1.91 bits per heavy atom. The average Bonchev–Trinajstić information content (AvgIpc) is 2.92. The number of aliphatic carboxylic acids is 1. The number of nitrogens with zero attached hydrogens (tertiary/aromatic N) is 2. The van der Waals surface area contributed by atoms with E-state index in [1.807, 2.05) is 41.0 Å². The maximum absolute atomic E-state index is 12.3. The third-order valence-electron chi connectivity index (χ3n) is 3.66. The standard InChI is InChI=1S/C17H17N3O3/c21-15(22)10-18-17(23)16-19-13-8-4-5-9-14(13)20(16)11-12-6-2-1-3-7-12/h1-3,6-9H,4-5,10-11H2,(H,18,23)(H,21,22). The molecule has 1 aromatic carbocycles. The number of carbonyl (C=O) groups is 2. The molecular weight excluding hydrogens is 294 g/mol. The van der Waals surface area contributed by atoms with Crippen molar-refractivity contribution >= 4 is 24.0 Å². The number of carboxylic acids is 1. The van der Waals surface area contributed by atoms with Gasteiger partial charge in [0.05, 0.1) is 10.7 Å². The highest BCUT2D eigenvalue weighted by atomic mass is 16.4. The zero-order chi connectivity index (χ0) is 16.2. The van der Waals surface area contributed by atoms with Crippen LogP contribution in [0, 0.1) is 0 Å². The summed E-state index contributed by atoms with van der Waals surface area (Å²) in [6.07, 6.45) is 5.87. The van der Waals surface area contributed by atoms with E-state index < -0.39 is 18.4 Å². The number of carboxylic acid groups (broad SMARTS) is 1. The van der Waals surface area contributed by atoms with Gasteiger partial charge in [0.2, 0.25) is 0 Å². The number of fused-ring (bicyclic) bond motifs is 1. The Labute approximate surface area is 132 Å². The minimum Gasteiger partial charge on any atom is -0.480 e. The molecule has 1 aliphatic carbocycles. The van der Waals surface area contributed by atoms with E-state index in [-0.39, 0.29) is 5.82 Å². The molecular formula is C17H17N3O3. The van der Waals surface area contributed by atoms with Crippen LogP contribution in [0.25, 0.3) is 12.2 Å². The zero-order valence-corrected chi connectivity index (χ0v) is 12.5. The summed E-state index contributed by atoms with van der Waals surface area (Å²) >= 11 is 0. The van der Waals surface area contributed by atoms with Crippen LogP contribution in [0.2, 0.25) is 0 Å². The molecule has 0 aliphatic heterocycles. The highest BCUT2D eigenvalue weighted by Gasteiger charge is 2.17. The van der Waals surface area contributed by atoms with Crippen LogP contribution in [0.4, 0.5) is 0 Å². The number of benzene rings is 1. The van der Waals surface area contributed by atoms with Gasteiger partial charge in [0.1, 0.15) is 6.54 Å². The van der Waals surface area contributed by atoms with Crippen molar-refractivity contribution in [3.8, 4) is 0 Å². The van der Waals surface area contributed by atoms with Gasteiger partial charge in [-0.05, 0) is 18.4 Å². The molecule has 0 atom stereocenters. The van der Waals surface area contributed by atoms with Crippen molar-refractivity contribution in [1.29, 1.82) is 0 Å². The Morgan fingerprint density at radius 3 is 2.65 bits per heavy atom. The van der Waals surface area contributed by atoms with Crippen LogP contribution in [-0.2, 0) is 11.3 Å². The fraction of sp³-hybridized carbons (Fsp3) is 0.235. The summed E-state index contributed by atoms with van der Waals surface area (Å²) in [5.41, 5.74) is 1.05. The molecule has 1 heterocycles. The number of hydrogen-bond donors (Lipinski definition) is 2. The van der Waals surface area contributed by atoms with E-state index in [1.165, 1.54) is 0 Å². The topological polar surface area (TPSA) is 84.2 Å². The highest BCUT2D eigenvalue weighted by Crippen LogP contribution is 2.04. The van der Waals surface area contributed by atoms with Crippen LogP contribution in [-0.4, -0.2) is 33.1 Å². The van der Waals surface area contributed by atoms with Crippen LogP contribution in [0.1, 0.15) is 29.0 Å². The predicted molar refractivity (Wildman–Crippen MR) is 85.2 cm³/mol. The lowest BCUT2D eigenvalue weighted by Gasteiger charge is -2.09. The summed E-state index contributed by atoms with van der Waals surface area (Å²) in [6, 6.07) is 9.79. The van der Waals surface area contributed by atoms with E-state index in [2.05, 4.69) is 16.4 Å². The minimum atomic E-state index is -1.08. The Hall–Kier alpha value is -2.89. The van der Waals surface area contributed by atoms with Gasteiger partial charge in [-0.3, -0.25) is 9.59 Å². The number of carbonyl (C=O) groups excluding carboxylic acids is 1. The van der Waals surface area contributed by atoms with Gasteiger partial charge in [-0.1, -0.05) is 42.5 Å². The number of nitrogens with one attached hydrogen (secondary N) is 1. The SMILES string of the molecule is O=C(O)CNC(=O)c1nc2c(n1Cc1ccccc1)=CCCC=2. The quantitative estimate of drug-likeness (QED) is 0.820. The van der Waals surface area contributed by atoms with E-state index >= 15 is 0 Å².